The molecule has 5 heteroatoms. The van der Waals surface area contributed by atoms with Crippen LogP contribution in [0.5, 0.6) is 0 Å². The second-order valence-electron chi connectivity index (χ2n) is 3.03. The number of hydrogen-bond acceptors (Lipinski definition) is 5. The van der Waals surface area contributed by atoms with Gasteiger partial charge in [0.25, 0.3) is 6.47 Å². The van der Waals surface area contributed by atoms with Gasteiger partial charge in [-0.2, -0.15) is 0 Å². The lowest BCUT2D eigenvalue weighted by molar-refractivity contribution is -0.129. The van der Waals surface area contributed by atoms with E-state index in [0.717, 1.165) is 12.0 Å². The molecule has 0 aromatic carbocycles. The highest BCUT2D eigenvalue weighted by Crippen LogP contribution is 2.35. The van der Waals surface area contributed by atoms with Crippen molar-refractivity contribution >= 4 is 34.3 Å². The lowest BCUT2D eigenvalue weighted by atomic mass is 10.2. The van der Waals surface area contributed by atoms with Crippen LogP contribution < -0.4 is 0 Å². The molecule has 3 nitrogen and oxygen atoms in total. The highest BCUT2D eigenvalue weighted by atomic mass is 33.1. The fourth-order valence-electron chi connectivity index (χ4n) is 0.556. The van der Waals surface area contributed by atoms with Gasteiger partial charge in [0, 0.05) is 12.2 Å². The largest absolute Gasteiger partial charge is 0.466 e. The van der Waals surface area contributed by atoms with E-state index in [1.165, 1.54) is 0 Å². The molecular weight excluding hydrogens is 208 g/mol. The summed E-state index contributed by atoms with van der Waals surface area (Å²) in [5.74, 6) is 0.804. The Balaban J connectivity index is 3.49. The maximum atomic E-state index is 10.0. The highest BCUT2D eigenvalue weighted by Gasteiger charge is 2.19. The zero-order valence-corrected chi connectivity index (χ0v) is 9.45. The Morgan fingerprint density at radius 1 is 1.38 bits per heavy atom. The number of carbonyl (C=O) groups excluding carboxylic acids is 2. The van der Waals surface area contributed by atoms with Crippen molar-refractivity contribution in [1.82, 2.24) is 0 Å². The number of aldehydes is 1. The molecule has 0 N–H and O–H groups in total. The molecule has 0 heterocycles. The summed E-state index contributed by atoms with van der Waals surface area (Å²) < 4.78 is 4.58. The minimum absolute atomic E-state index is 0.0888. The first kappa shape index (κ1) is 12.8. The Bertz CT molecular complexity index is 159. The standard InChI is InChI=1S/C8H14O3S2/c1-8(2,6-11-7-10)13-12-5-3-4-9/h4,7H,3,5-6H2,1-2H3. The Hall–Kier alpha value is -0.160. The molecule has 0 aliphatic heterocycles. The van der Waals surface area contributed by atoms with Crippen LogP contribution in [0.4, 0.5) is 0 Å². The lowest BCUT2D eigenvalue weighted by Gasteiger charge is -2.21. The molecule has 0 aliphatic carbocycles. The molecule has 0 aromatic rings. The first-order valence-electron chi connectivity index (χ1n) is 3.92. The third kappa shape index (κ3) is 8.18. The predicted molar refractivity (Wildman–Crippen MR) is 56.8 cm³/mol. The fraction of sp³-hybridized carbons (Fsp3) is 0.750. The van der Waals surface area contributed by atoms with Gasteiger partial charge in [-0.1, -0.05) is 21.6 Å². The third-order valence-electron chi connectivity index (χ3n) is 1.10. The summed E-state index contributed by atoms with van der Waals surface area (Å²) >= 11 is 0. The van der Waals surface area contributed by atoms with Crippen molar-refractivity contribution < 1.29 is 14.3 Å². The summed E-state index contributed by atoms with van der Waals surface area (Å²) in [4.78, 5) is 20.0. The van der Waals surface area contributed by atoms with E-state index in [2.05, 4.69) is 4.74 Å². The highest BCUT2D eigenvalue weighted by molar-refractivity contribution is 8.77. The molecule has 0 radical (unpaired) electrons. The van der Waals surface area contributed by atoms with E-state index in [4.69, 9.17) is 0 Å². The van der Waals surface area contributed by atoms with E-state index in [9.17, 15) is 9.59 Å². The predicted octanol–water partition coefficient (Wildman–Crippen LogP) is 1.91. The maximum Gasteiger partial charge on any atom is 0.293 e. The first-order chi connectivity index (χ1) is 6.12. The third-order valence-corrected chi connectivity index (χ3v) is 4.40. The zero-order chi connectivity index (χ0) is 10.2. The van der Waals surface area contributed by atoms with Gasteiger partial charge in [-0.25, -0.2) is 0 Å². The van der Waals surface area contributed by atoms with E-state index in [1.54, 1.807) is 21.6 Å². The Morgan fingerprint density at radius 3 is 2.62 bits per heavy atom. The second-order valence-corrected chi connectivity index (χ2v) is 6.15. The molecule has 0 fully saturated rings. The van der Waals surface area contributed by atoms with Crippen LogP contribution in [-0.2, 0) is 14.3 Å². The van der Waals surface area contributed by atoms with E-state index in [-0.39, 0.29) is 4.75 Å². The van der Waals surface area contributed by atoms with Crippen LogP contribution in [0.2, 0.25) is 0 Å². The van der Waals surface area contributed by atoms with Crippen molar-refractivity contribution in [2.45, 2.75) is 25.0 Å². The average molecular weight is 222 g/mol. The van der Waals surface area contributed by atoms with Crippen molar-refractivity contribution in [2.24, 2.45) is 0 Å². The molecule has 0 bridgehead atoms. The Labute approximate surface area is 86.4 Å². The van der Waals surface area contributed by atoms with Crippen LogP contribution in [0.3, 0.4) is 0 Å². The van der Waals surface area contributed by atoms with Gasteiger partial charge in [0.1, 0.15) is 12.9 Å². The van der Waals surface area contributed by atoms with E-state index in [0.29, 0.717) is 19.5 Å². The molecule has 0 unspecified atom stereocenters. The minimum atomic E-state index is -0.0888. The fourth-order valence-corrected chi connectivity index (χ4v) is 2.91. The quantitative estimate of drug-likeness (QED) is 0.356. The molecule has 0 aromatic heterocycles. The Kier molecular flexibility index (Phi) is 7.17. The SMILES string of the molecule is CC(C)(COC=O)SSCCC=O. The van der Waals surface area contributed by atoms with Gasteiger partial charge >= 0.3 is 0 Å². The molecule has 0 amide bonds. The molecule has 0 saturated heterocycles. The summed E-state index contributed by atoms with van der Waals surface area (Å²) in [5, 5.41) is 0. The maximum absolute atomic E-state index is 10.0. The van der Waals surface area contributed by atoms with Gasteiger partial charge in [-0.3, -0.25) is 4.79 Å². The molecule has 0 saturated carbocycles. The lowest BCUT2D eigenvalue weighted by Crippen LogP contribution is -2.21. The summed E-state index contributed by atoms with van der Waals surface area (Å²) in [6, 6.07) is 0. The van der Waals surface area contributed by atoms with Crippen molar-refractivity contribution in [3.05, 3.63) is 0 Å². The van der Waals surface area contributed by atoms with Gasteiger partial charge in [0.15, 0.2) is 0 Å². The first-order valence-corrected chi connectivity index (χ1v) is 6.24. The van der Waals surface area contributed by atoms with Crippen molar-refractivity contribution in [2.75, 3.05) is 12.4 Å². The van der Waals surface area contributed by atoms with E-state index < -0.39 is 0 Å². The average Bonchev–Trinajstić information content (AvgIpc) is 2.09. The summed E-state index contributed by atoms with van der Waals surface area (Å²) in [5.41, 5.74) is 0. The smallest absolute Gasteiger partial charge is 0.293 e. The van der Waals surface area contributed by atoms with Crippen LogP contribution >= 0.6 is 21.6 Å². The van der Waals surface area contributed by atoms with Crippen LogP contribution in [0.15, 0.2) is 0 Å². The second kappa shape index (κ2) is 7.26. The van der Waals surface area contributed by atoms with E-state index >= 15 is 0 Å². The van der Waals surface area contributed by atoms with Crippen LogP contribution in [0.25, 0.3) is 0 Å². The molecule has 0 aliphatic rings. The van der Waals surface area contributed by atoms with Crippen molar-refractivity contribution in [3.63, 3.8) is 0 Å². The zero-order valence-electron chi connectivity index (χ0n) is 7.82. The van der Waals surface area contributed by atoms with Gasteiger partial charge in [0.2, 0.25) is 0 Å². The van der Waals surface area contributed by atoms with Crippen molar-refractivity contribution in [1.29, 1.82) is 0 Å². The summed E-state index contributed by atoms with van der Waals surface area (Å²) in [7, 11) is 3.26. The van der Waals surface area contributed by atoms with Crippen molar-refractivity contribution in [3.8, 4) is 0 Å². The number of rotatable bonds is 8. The molecular formula is C8H14O3S2. The van der Waals surface area contributed by atoms with E-state index in [1.807, 2.05) is 13.8 Å². The number of hydrogen-bond donors (Lipinski definition) is 0. The van der Waals surface area contributed by atoms with Crippen LogP contribution in [0, 0.1) is 0 Å². The topological polar surface area (TPSA) is 43.4 Å². The molecule has 0 atom stereocenters. The molecule has 76 valence electrons. The van der Waals surface area contributed by atoms with Crippen LogP contribution in [0.1, 0.15) is 20.3 Å². The monoisotopic (exact) mass is 222 g/mol. The summed E-state index contributed by atoms with van der Waals surface area (Å²) in [6.45, 7) is 4.85. The number of ether oxygens (including phenoxy) is 1. The van der Waals surface area contributed by atoms with Crippen LogP contribution in [-0.4, -0.2) is 29.9 Å². The molecule has 13 heavy (non-hydrogen) atoms. The van der Waals surface area contributed by atoms with Gasteiger partial charge < -0.3 is 9.53 Å². The number of carbonyl (C=O) groups is 2. The minimum Gasteiger partial charge on any atom is -0.466 e. The van der Waals surface area contributed by atoms with Gasteiger partial charge in [-0.15, -0.1) is 0 Å². The normalized spacial score (nSPS) is 10.9. The molecule has 0 spiro atoms. The summed E-state index contributed by atoms with van der Waals surface area (Å²) in [6.07, 6.45) is 1.48. The molecule has 0 rings (SSSR count). The Morgan fingerprint density at radius 2 is 2.08 bits per heavy atom. The van der Waals surface area contributed by atoms with Gasteiger partial charge in [-0.05, 0) is 13.8 Å². The van der Waals surface area contributed by atoms with Gasteiger partial charge in [0.05, 0.1) is 4.75 Å².